The summed E-state index contributed by atoms with van der Waals surface area (Å²) in [5.41, 5.74) is 2.66. The van der Waals surface area contributed by atoms with Gasteiger partial charge in [0.25, 0.3) is 10.0 Å². The van der Waals surface area contributed by atoms with Crippen molar-refractivity contribution in [3.8, 4) is 0 Å². The number of aryl methyl sites for hydroxylation is 1. The van der Waals surface area contributed by atoms with E-state index in [1.54, 1.807) is 61.5 Å². The monoisotopic (exact) mass is 683 g/mol. The Morgan fingerprint density at radius 1 is 0.911 bits per heavy atom. The van der Waals surface area contributed by atoms with Gasteiger partial charge in [-0.1, -0.05) is 77.3 Å². The topological polar surface area (TPSA) is 86.8 Å². The van der Waals surface area contributed by atoms with Crippen LogP contribution in [0.25, 0.3) is 0 Å². The predicted molar refractivity (Wildman–Crippen MR) is 184 cm³/mol. The van der Waals surface area contributed by atoms with Gasteiger partial charge in [0.05, 0.1) is 10.6 Å². The SMILES string of the molecule is CCNC(=O)[C@@H](Cc1ccccc1)N(Cc1ccc(Cl)cc1Cl)C(=O)CN(c1ccc(C)cc1)S(=O)(=O)c1ccc(SC)cc1. The molecule has 7 nitrogen and oxygen atoms in total. The molecule has 0 fully saturated rings. The molecule has 0 saturated carbocycles. The molecule has 4 rings (SSSR count). The molecule has 4 aromatic carbocycles. The van der Waals surface area contributed by atoms with Crippen LogP contribution in [0, 0.1) is 6.92 Å². The third-order valence-corrected chi connectivity index (χ3v) is 10.3. The van der Waals surface area contributed by atoms with Gasteiger partial charge in [0.15, 0.2) is 0 Å². The van der Waals surface area contributed by atoms with Crippen LogP contribution in [0.2, 0.25) is 10.0 Å². The standard InChI is InChI=1S/C34H35Cl2N3O4S2/c1-4-37-34(41)32(20-25-8-6-5-7-9-25)38(22-26-12-13-27(35)21-31(26)36)33(40)23-39(28-14-10-24(2)11-15-28)45(42,43)30-18-16-29(44-3)17-19-30/h5-19,21,32H,4,20,22-23H2,1-3H3,(H,37,41)/t32-/m1/s1. The lowest BCUT2D eigenvalue weighted by atomic mass is 10.0. The van der Waals surface area contributed by atoms with Gasteiger partial charge in [-0.05, 0) is 79.8 Å². The number of hydrogen-bond donors (Lipinski definition) is 1. The van der Waals surface area contributed by atoms with Gasteiger partial charge in [-0.25, -0.2) is 8.42 Å². The van der Waals surface area contributed by atoms with Crippen molar-refractivity contribution in [2.75, 3.05) is 23.7 Å². The van der Waals surface area contributed by atoms with Crippen molar-refractivity contribution in [1.29, 1.82) is 0 Å². The first-order valence-electron chi connectivity index (χ1n) is 14.3. The molecule has 45 heavy (non-hydrogen) atoms. The second-order valence-electron chi connectivity index (χ2n) is 10.4. The highest BCUT2D eigenvalue weighted by Gasteiger charge is 2.34. The minimum absolute atomic E-state index is 0.0468. The number of carbonyl (C=O) groups is 2. The molecule has 0 aliphatic rings. The van der Waals surface area contributed by atoms with Crippen LogP contribution in [-0.2, 0) is 32.6 Å². The lowest BCUT2D eigenvalue weighted by Crippen LogP contribution is -2.53. The van der Waals surface area contributed by atoms with Crippen LogP contribution in [0.3, 0.4) is 0 Å². The van der Waals surface area contributed by atoms with E-state index in [0.717, 1.165) is 20.3 Å². The molecule has 0 aliphatic carbocycles. The first-order valence-corrected chi connectivity index (χ1v) is 17.7. The zero-order valence-electron chi connectivity index (χ0n) is 25.2. The summed E-state index contributed by atoms with van der Waals surface area (Å²) in [6.45, 7) is 3.45. The van der Waals surface area contributed by atoms with E-state index in [1.165, 1.54) is 28.8 Å². The highest BCUT2D eigenvalue weighted by atomic mass is 35.5. The lowest BCUT2D eigenvalue weighted by molar-refractivity contribution is -0.140. The number of nitrogens with zero attached hydrogens (tertiary/aromatic N) is 2. The first kappa shape index (κ1) is 34.4. The molecule has 0 heterocycles. The van der Waals surface area contributed by atoms with Crippen molar-refractivity contribution in [2.24, 2.45) is 0 Å². The number of nitrogens with one attached hydrogen (secondary N) is 1. The van der Waals surface area contributed by atoms with Gasteiger partial charge in [0.2, 0.25) is 11.8 Å². The van der Waals surface area contributed by atoms with Crippen LogP contribution in [0.15, 0.2) is 107 Å². The number of carbonyl (C=O) groups excluding carboxylic acids is 2. The van der Waals surface area contributed by atoms with Crippen LogP contribution in [0.4, 0.5) is 5.69 Å². The van der Waals surface area contributed by atoms with Crippen molar-refractivity contribution < 1.29 is 18.0 Å². The molecule has 0 aromatic heterocycles. The maximum absolute atomic E-state index is 14.5. The molecule has 0 aliphatic heterocycles. The highest BCUT2D eigenvalue weighted by Crippen LogP contribution is 2.28. The molecule has 236 valence electrons. The molecule has 11 heteroatoms. The molecular formula is C34H35Cl2N3O4S2. The number of halogens is 2. The number of anilines is 1. The summed E-state index contributed by atoms with van der Waals surface area (Å²) in [5.74, 6) is -0.935. The van der Waals surface area contributed by atoms with E-state index >= 15 is 0 Å². The molecule has 0 bridgehead atoms. The van der Waals surface area contributed by atoms with E-state index in [4.69, 9.17) is 23.2 Å². The van der Waals surface area contributed by atoms with Gasteiger partial charge >= 0.3 is 0 Å². The molecular weight excluding hydrogens is 649 g/mol. The largest absolute Gasteiger partial charge is 0.355 e. The first-order chi connectivity index (χ1) is 21.5. The van der Waals surface area contributed by atoms with E-state index in [9.17, 15) is 18.0 Å². The molecule has 1 atom stereocenters. The number of benzene rings is 4. The maximum Gasteiger partial charge on any atom is 0.264 e. The molecule has 1 N–H and O–H groups in total. The van der Waals surface area contributed by atoms with Gasteiger partial charge in [0.1, 0.15) is 12.6 Å². The number of likely N-dealkylation sites (N-methyl/N-ethyl adjacent to an activating group) is 1. The van der Waals surface area contributed by atoms with Crippen molar-refractivity contribution >= 4 is 62.5 Å². The Morgan fingerprint density at radius 3 is 2.18 bits per heavy atom. The van der Waals surface area contributed by atoms with Crippen molar-refractivity contribution in [3.63, 3.8) is 0 Å². The summed E-state index contributed by atoms with van der Waals surface area (Å²) in [6, 6.07) is 26.8. The third-order valence-electron chi connectivity index (χ3n) is 7.23. The van der Waals surface area contributed by atoms with Crippen molar-refractivity contribution in [2.45, 2.75) is 42.6 Å². The fourth-order valence-corrected chi connectivity index (χ4v) is 7.08. The second-order valence-corrected chi connectivity index (χ2v) is 14.0. The molecule has 0 saturated heterocycles. The van der Waals surface area contributed by atoms with Crippen LogP contribution in [0.1, 0.15) is 23.6 Å². The predicted octanol–water partition coefficient (Wildman–Crippen LogP) is 7.00. The van der Waals surface area contributed by atoms with E-state index in [2.05, 4.69) is 5.32 Å². The average Bonchev–Trinajstić information content (AvgIpc) is 3.03. The Balaban J connectivity index is 1.81. The Hall–Kier alpha value is -3.50. The smallest absolute Gasteiger partial charge is 0.264 e. The summed E-state index contributed by atoms with van der Waals surface area (Å²) in [5, 5.41) is 3.60. The number of rotatable bonds is 13. The van der Waals surface area contributed by atoms with Gasteiger partial charge in [-0.15, -0.1) is 11.8 Å². The summed E-state index contributed by atoms with van der Waals surface area (Å²) in [4.78, 5) is 30.4. The highest BCUT2D eigenvalue weighted by molar-refractivity contribution is 7.98. The van der Waals surface area contributed by atoms with Crippen molar-refractivity contribution in [1.82, 2.24) is 10.2 Å². The van der Waals surface area contributed by atoms with Crippen LogP contribution in [0.5, 0.6) is 0 Å². The zero-order valence-corrected chi connectivity index (χ0v) is 28.4. The Kier molecular flexibility index (Phi) is 12.0. The maximum atomic E-state index is 14.5. The number of hydrogen-bond acceptors (Lipinski definition) is 5. The van der Waals surface area contributed by atoms with Gasteiger partial charge in [-0.3, -0.25) is 13.9 Å². The Morgan fingerprint density at radius 2 is 1.58 bits per heavy atom. The molecule has 0 spiro atoms. The van der Waals surface area contributed by atoms with E-state index < -0.39 is 28.5 Å². The number of amides is 2. The fourth-order valence-electron chi connectivity index (χ4n) is 4.79. The van der Waals surface area contributed by atoms with Crippen LogP contribution >= 0.6 is 35.0 Å². The van der Waals surface area contributed by atoms with Gasteiger partial charge in [0, 0.05) is 34.5 Å². The minimum Gasteiger partial charge on any atom is -0.355 e. The molecule has 0 radical (unpaired) electrons. The number of thioether (sulfide) groups is 1. The Bertz CT molecular complexity index is 1720. The second kappa shape index (κ2) is 15.7. The summed E-state index contributed by atoms with van der Waals surface area (Å²) < 4.78 is 29.4. The summed E-state index contributed by atoms with van der Waals surface area (Å²) in [7, 11) is -4.19. The van der Waals surface area contributed by atoms with Crippen molar-refractivity contribution in [3.05, 3.63) is 124 Å². The van der Waals surface area contributed by atoms with E-state index in [1.807, 2.05) is 43.5 Å². The van der Waals surface area contributed by atoms with Crippen LogP contribution < -0.4 is 9.62 Å². The molecule has 4 aromatic rings. The lowest BCUT2D eigenvalue weighted by Gasteiger charge is -2.34. The Labute approximate surface area is 279 Å². The van der Waals surface area contributed by atoms with Crippen LogP contribution in [-0.4, -0.2) is 50.5 Å². The summed E-state index contributed by atoms with van der Waals surface area (Å²) in [6.07, 6.45) is 2.11. The molecule has 0 unspecified atom stereocenters. The minimum atomic E-state index is -4.19. The molecule has 2 amide bonds. The third kappa shape index (κ3) is 8.82. The van der Waals surface area contributed by atoms with E-state index in [-0.39, 0.29) is 23.8 Å². The normalized spacial score (nSPS) is 11.9. The zero-order chi connectivity index (χ0) is 32.6. The van der Waals surface area contributed by atoms with E-state index in [0.29, 0.717) is 27.8 Å². The quantitative estimate of drug-likeness (QED) is 0.154. The fraction of sp³-hybridized carbons (Fsp3) is 0.235. The summed E-state index contributed by atoms with van der Waals surface area (Å²) >= 11 is 14.2. The number of sulfonamides is 1. The van der Waals surface area contributed by atoms with Gasteiger partial charge in [-0.2, -0.15) is 0 Å². The van der Waals surface area contributed by atoms with Gasteiger partial charge < -0.3 is 10.2 Å². The average molecular weight is 685 g/mol.